The molecule has 0 saturated carbocycles. The Hall–Kier alpha value is -3.69. The van der Waals surface area contributed by atoms with E-state index in [2.05, 4.69) is 16.0 Å². The van der Waals surface area contributed by atoms with Crippen LogP contribution in [0.2, 0.25) is 0 Å². The number of phenolic OH excluding ortho intramolecular Hbond substituents is 3. The number of nitrogens with one attached hydrogen (secondary N) is 3. The number of hydrogen-bond donors (Lipinski definition) is 12. The second-order valence-electron chi connectivity index (χ2n) is 8.78. The summed E-state index contributed by atoms with van der Waals surface area (Å²) in [5, 5.41) is 34.7. The van der Waals surface area contributed by atoms with E-state index in [9.17, 15) is 40.9 Å². The van der Waals surface area contributed by atoms with Gasteiger partial charge in [-0.15, -0.1) is 0 Å². The van der Waals surface area contributed by atoms with Gasteiger partial charge in [0, 0.05) is 0 Å². The second-order valence-corrected chi connectivity index (χ2v) is 18.9. The van der Waals surface area contributed by atoms with Crippen LogP contribution in [0, 0.1) is 0 Å². The van der Waals surface area contributed by atoms with Crippen molar-refractivity contribution in [1.82, 2.24) is 0 Å². The van der Waals surface area contributed by atoms with E-state index in [4.69, 9.17) is 24.6 Å². The fraction of sp³-hybridized carbons (Fsp3) is 0.125. The van der Waals surface area contributed by atoms with Crippen LogP contribution in [0.3, 0.4) is 0 Å². The van der Waals surface area contributed by atoms with E-state index in [1.165, 1.54) is 20.8 Å². The SMILES string of the molecule is CC(=O)Nc1cc([As](=O)(O)O)ccc1O.CC(=O)Nc1cc([As](=O)(O)O)ccc1O.CC(=O)Nc1cc([As](=O)(O)O)ccc1O. The quantitative estimate of drug-likeness (QED) is 0.0858. The van der Waals surface area contributed by atoms with E-state index in [1.807, 2.05) is 0 Å². The molecule has 3 aromatic rings. The fourth-order valence-corrected chi connectivity index (χ4v) is 6.55. The fourth-order valence-electron chi connectivity index (χ4n) is 2.98. The van der Waals surface area contributed by atoms with E-state index < -0.39 is 60.2 Å². The first kappa shape index (κ1) is 39.3. The first-order valence-electron chi connectivity index (χ1n) is 11.9. The number of hydrogen-bond acceptors (Lipinski definition) is 9. The Kier molecular flexibility index (Phi) is 14.0. The summed E-state index contributed by atoms with van der Waals surface area (Å²) in [6, 6.07) is 9.95. The molecule has 0 unspecified atom stereocenters. The molecule has 0 bridgehead atoms. The van der Waals surface area contributed by atoms with Gasteiger partial charge < -0.3 is 0 Å². The second kappa shape index (κ2) is 16.0. The topological polar surface area (TPSA) is 321 Å². The zero-order valence-electron chi connectivity index (χ0n) is 23.5. The first-order valence-corrected chi connectivity index (χ1v) is 22.1. The molecule has 3 amide bonds. The van der Waals surface area contributed by atoms with Gasteiger partial charge in [0.05, 0.1) is 0 Å². The number of phenols is 3. The maximum absolute atomic E-state index is 10.9. The summed E-state index contributed by atoms with van der Waals surface area (Å²) in [5.74, 6) is -2.00. The van der Waals surface area contributed by atoms with Crippen molar-refractivity contribution in [3.8, 4) is 17.2 Å². The minimum absolute atomic E-state index is 0.00951. The molecule has 0 radical (unpaired) electrons. The Bertz CT molecular complexity index is 1510. The third kappa shape index (κ3) is 13.9. The molecule has 3 rings (SSSR count). The Morgan fingerprint density at radius 2 is 0.667 bits per heavy atom. The molecular formula is C24H30As3N3O15. The molecule has 0 saturated heterocycles. The van der Waals surface area contributed by atoms with Crippen molar-refractivity contribution in [3.05, 3.63) is 54.6 Å². The van der Waals surface area contributed by atoms with Crippen LogP contribution in [-0.4, -0.2) is 100 Å². The number of anilines is 3. The molecule has 18 nitrogen and oxygen atoms in total. The molecule has 0 atom stereocenters. The van der Waals surface area contributed by atoms with Crippen LogP contribution in [0.4, 0.5) is 17.1 Å². The molecule has 21 heteroatoms. The predicted octanol–water partition coefficient (Wildman–Crippen LogP) is -3.27. The Labute approximate surface area is 263 Å². The molecule has 0 aliphatic rings. The van der Waals surface area contributed by atoms with Crippen molar-refractivity contribution < 1.29 is 65.5 Å². The molecule has 0 fully saturated rings. The summed E-state index contributed by atoms with van der Waals surface area (Å²) < 4.78 is 85.7. The first-order chi connectivity index (χ1) is 20.4. The van der Waals surface area contributed by atoms with Gasteiger partial charge in [0.1, 0.15) is 0 Å². The average Bonchev–Trinajstić information content (AvgIpc) is 2.86. The summed E-state index contributed by atoms with van der Waals surface area (Å²) >= 11 is -15.0. The number of benzene rings is 3. The Morgan fingerprint density at radius 3 is 0.822 bits per heavy atom. The maximum atomic E-state index is 10.9. The Morgan fingerprint density at radius 1 is 0.467 bits per heavy atom. The summed E-state index contributed by atoms with van der Waals surface area (Å²) in [7, 11) is 0. The van der Waals surface area contributed by atoms with Gasteiger partial charge >= 0.3 is 264 Å². The van der Waals surface area contributed by atoms with Crippen molar-refractivity contribution >= 4 is 90.4 Å². The molecule has 0 aromatic heterocycles. The van der Waals surface area contributed by atoms with Crippen LogP contribution in [0.15, 0.2) is 54.6 Å². The summed E-state index contributed by atoms with van der Waals surface area (Å²) in [6.07, 6.45) is 0. The van der Waals surface area contributed by atoms with Crippen LogP contribution in [0.5, 0.6) is 17.2 Å². The van der Waals surface area contributed by atoms with Crippen molar-refractivity contribution in [2.45, 2.75) is 20.8 Å². The van der Waals surface area contributed by atoms with Crippen LogP contribution in [0.25, 0.3) is 0 Å². The Balaban J connectivity index is 0.000000337. The van der Waals surface area contributed by atoms with Gasteiger partial charge in [0.25, 0.3) is 0 Å². The van der Waals surface area contributed by atoms with Crippen molar-refractivity contribution in [2.24, 2.45) is 0 Å². The van der Waals surface area contributed by atoms with Gasteiger partial charge in [-0.05, 0) is 0 Å². The summed E-state index contributed by atoms with van der Waals surface area (Å²) in [5.41, 5.74) is -0.0285. The zero-order chi connectivity index (χ0) is 34.9. The molecule has 3 aromatic carbocycles. The standard InChI is InChI=1S/3C8H10AsNO5/c3*1-5(11)10-7-4-6(9(13,14)15)2-3-8(7)12/h3*2-4,12H,1H3,(H,10,11)(H2,13,14,15). The number of rotatable bonds is 6. The number of aromatic hydroxyl groups is 3. The molecule has 12 N–H and O–H groups in total. The molecule has 246 valence electrons. The normalized spacial score (nSPS) is 11.1. The number of carbonyl (C=O) groups is 3. The number of amides is 3. The van der Waals surface area contributed by atoms with Gasteiger partial charge in [0.15, 0.2) is 0 Å². The molecular weight excluding hydrogens is 795 g/mol. The van der Waals surface area contributed by atoms with Crippen LogP contribution < -0.4 is 29.0 Å². The van der Waals surface area contributed by atoms with Crippen LogP contribution in [0.1, 0.15) is 20.8 Å². The van der Waals surface area contributed by atoms with Gasteiger partial charge in [0.2, 0.25) is 0 Å². The van der Waals surface area contributed by atoms with Crippen molar-refractivity contribution in [3.63, 3.8) is 0 Å². The summed E-state index contributed by atoms with van der Waals surface area (Å²) in [6.45, 7) is 3.69. The van der Waals surface area contributed by atoms with Gasteiger partial charge in [-0.3, -0.25) is 0 Å². The summed E-state index contributed by atoms with van der Waals surface area (Å²) in [4.78, 5) is 32.1. The number of carbonyl (C=O) groups excluding carboxylic acids is 3. The van der Waals surface area contributed by atoms with E-state index >= 15 is 0 Å². The average molecular weight is 825 g/mol. The molecule has 0 aliphatic heterocycles. The van der Waals surface area contributed by atoms with E-state index in [0.29, 0.717) is 0 Å². The molecule has 45 heavy (non-hydrogen) atoms. The van der Waals surface area contributed by atoms with Crippen molar-refractivity contribution in [1.29, 1.82) is 0 Å². The predicted molar refractivity (Wildman–Crippen MR) is 159 cm³/mol. The van der Waals surface area contributed by atoms with Gasteiger partial charge in [-0.1, -0.05) is 0 Å². The van der Waals surface area contributed by atoms with E-state index in [-0.39, 0.29) is 47.4 Å². The molecule has 0 aliphatic carbocycles. The van der Waals surface area contributed by atoms with E-state index in [0.717, 1.165) is 54.6 Å². The van der Waals surface area contributed by atoms with Gasteiger partial charge in [-0.25, -0.2) is 0 Å². The van der Waals surface area contributed by atoms with Crippen LogP contribution >= 0.6 is 0 Å². The monoisotopic (exact) mass is 825 g/mol. The van der Waals surface area contributed by atoms with Crippen LogP contribution in [-0.2, 0) is 25.6 Å². The van der Waals surface area contributed by atoms with Crippen molar-refractivity contribution in [2.75, 3.05) is 16.0 Å². The minimum atomic E-state index is -4.98. The molecule has 0 spiro atoms. The van der Waals surface area contributed by atoms with Gasteiger partial charge in [-0.2, -0.15) is 0 Å². The molecule has 0 heterocycles. The zero-order valence-corrected chi connectivity index (χ0v) is 29.1. The van der Waals surface area contributed by atoms with E-state index in [1.54, 1.807) is 0 Å². The third-order valence-electron chi connectivity index (χ3n) is 4.88. The third-order valence-corrected chi connectivity index (χ3v) is 10.9.